The third-order valence-electron chi connectivity index (χ3n) is 2.12. The van der Waals surface area contributed by atoms with Crippen molar-refractivity contribution in [2.24, 2.45) is 5.73 Å². The molecule has 0 radical (unpaired) electrons. The van der Waals surface area contributed by atoms with E-state index in [-0.39, 0.29) is 24.0 Å². The van der Waals surface area contributed by atoms with E-state index in [0.29, 0.717) is 10.9 Å². The highest BCUT2D eigenvalue weighted by molar-refractivity contribution is 9.10. The molecule has 0 spiro atoms. The SMILES string of the molecule is CCCC(N)C(=O)Nc1cc(Br)ccc1F.Cl. The number of nitrogens with one attached hydrogen (secondary N) is 1. The molecule has 0 aliphatic heterocycles. The van der Waals surface area contributed by atoms with Crippen LogP contribution in [0.25, 0.3) is 0 Å². The van der Waals surface area contributed by atoms with Crippen molar-refractivity contribution in [3.8, 4) is 0 Å². The first-order chi connectivity index (χ1) is 7.54. The minimum atomic E-state index is -0.594. The summed E-state index contributed by atoms with van der Waals surface area (Å²) >= 11 is 3.20. The van der Waals surface area contributed by atoms with Crippen LogP contribution in [0.1, 0.15) is 19.8 Å². The first kappa shape index (κ1) is 16.4. The summed E-state index contributed by atoms with van der Waals surface area (Å²) in [6.07, 6.45) is 1.40. The standard InChI is InChI=1S/C11H14BrFN2O.ClH/c1-2-3-9(14)11(16)15-10-6-7(12)4-5-8(10)13;/h4-6,9H,2-3,14H2,1H3,(H,15,16);1H. The number of carbonyl (C=O) groups excluding carboxylic acids is 1. The monoisotopic (exact) mass is 324 g/mol. The van der Waals surface area contributed by atoms with E-state index in [4.69, 9.17) is 5.73 Å². The molecule has 1 unspecified atom stereocenters. The molecule has 0 saturated carbocycles. The Morgan fingerprint density at radius 2 is 2.24 bits per heavy atom. The van der Waals surface area contributed by atoms with E-state index in [1.807, 2.05) is 6.92 Å². The number of halogens is 3. The van der Waals surface area contributed by atoms with Gasteiger partial charge in [0.25, 0.3) is 0 Å². The van der Waals surface area contributed by atoms with Gasteiger partial charge in [-0.2, -0.15) is 0 Å². The lowest BCUT2D eigenvalue weighted by Crippen LogP contribution is -2.35. The zero-order valence-electron chi connectivity index (χ0n) is 9.37. The summed E-state index contributed by atoms with van der Waals surface area (Å²) in [7, 11) is 0. The van der Waals surface area contributed by atoms with Gasteiger partial charge in [-0.3, -0.25) is 4.79 Å². The van der Waals surface area contributed by atoms with Crippen LogP contribution < -0.4 is 11.1 Å². The van der Waals surface area contributed by atoms with Gasteiger partial charge in [0, 0.05) is 4.47 Å². The fourth-order valence-corrected chi connectivity index (χ4v) is 1.62. The predicted octanol–water partition coefficient (Wildman–Crippen LogP) is 3.08. The van der Waals surface area contributed by atoms with Crippen molar-refractivity contribution in [3.05, 3.63) is 28.5 Å². The molecule has 96 valence electrons. The first-order valence-electron chi connectivity index (χ1n) is 5.06. The number of hydrogen-bond donors (Lipinski definition) is 2. The van der Waals surface area contributed by atoms with Gasteiger partial charge in [-0.1, -0.05) is 29.3 Å². The maximum absolute atomic E-state index is 13.3. The Hall–Kier alpha value is -0.650. The van der Waals surface area contributed by atoms with Crippen molar-refractivity contribution in [3.63, 3.8) is 0 Å². The van der Waals surface area contributed by atoms with Crippen molar-refractivity contribution in [1.29, 1.82) is 0 Å². The van der Waals surface area contributed by atoms with Gasteiger partial charge in [0.15, 0.2) is 0 Å². The number of hydrogen-bond acceptors (Lipinski definition) is 2. The summed E-state index contributed by atoms with van der Waals surface area (Å²) in [4.78, 5) is 11.5. The van der Waals surface area contributed by atoms with E-state index in [2.05, 4.69) is 21.2 Å². The van der Waals surface area contributed by atoms with E-state index in [1.54, 1.807) is 6.07 Å². The maximum Gasteiger partial charge on any atom is 0.241 e. The van der Waals surface area contributed by atoms with E-state index >= 15 is 0 Å². The zero-order chi connectivity index (χ0) is 12.1. The molecule has 17 heavy (non-hydrogen) atoms. The number of carbonyl (C=O) groups is 1. The summed E-state index contributed by atoms with van der Waals surface area (Å²) in [5.41, 5.74) is 5.76. The zero-order valence-corrected chi connectivity index (χ0v) is 11.8. The largest absolute Gasteiger partial charge is 0.322 e. The third kappa shape index (κ3) is 5.02. The lowest BCUT2D eigenvalue weighted by molar-refractivity contribution is -0.117. The van der Waals surface area contributed by atoms with Gasteiger partial charge < -0.3 is 11.1 Å². The van der Waals surface area contributed by atoms with Crippen LogP contribution in [0.15, 0.2) is 22.7 Å². The van der Waals surface area contributed by atoms with Crippen molar-refractivity contribution in [1.82, 2.24) is 0 Å². The summed E-state index contributed by atoms with van der Waals surface area (Å²) < 4.78 is 14.0. The lowest BCUT2D eigenvalue weighted by atomic mass is 10.1. The van der Waals surface area contributed by atoms with Crippen LogP contribution in [0.3, 0.4) is 0 Å². The molecule has 0 bridgehead atoms. The molecule has 0 saturated heterocycles. The van der Waals surface area contributed by atoms with Crippen LogP contribution in [0.5, 0.6) is 0 Å². The van der Waals surface area contributed by atoms with Gasteiger partial charge in [0.05, 0.1) is 11.7 Å². The fraction of sp³-hybridized carbons (Fsp3) is 0.364. The van der Waals surface area contributed by atoms with Gasteiger partial charge >= 0.3 is 0 Å². The maximum atomic E-state index is 13.3. The highest BCUT2D eigenvalue weighted by Gasteiger charge is 2.14. The second-order valence-corrected chi connectivity index (χ2v) is 4.42. The van der Waals surface area contributed by atoms with Crippen LogP contribution >= 0.6 is 28.3 Å². The Kier molecular flexibility index (Phi) is 7.34. The van der Waals surface area contributed by atoms with Gasteiger partial charge in [-0.15, -0.1) is 12.4 Å². The molecule has 0 aliphatic carbocycles. The van der Waals surface area contributed by atoms with Crippen LogP contribution in [-0.2, 0) is 4.79 Å². The first-order valence-corrected chi connectivity index (χ1v) is 5.85. The average Bonchev–Trinajstić information content (AvgIpc) is 2.23. The summed E-state index contributed by atoms with van der Waals surface area (Å²) in [6.45, 7) is 1.94. The molecular weight excluding hydrogens is 310 g/mol. The second-order valence-electron chi connectivity index (χ2n) is 3.51. The van der Waals surface area contributed by atoms with Crippen molar-refractivity contribution in [2.75, 3.05) is 5.32 Å². The van der Waals surface area contributed by atoms with E-state index in [9.17, 15) is 9.18 Å². The Morgan fingerprint density at radius 1 is 1.59 bits per heavy atom. The smallest absolute Gasteiger partial charge is 0.241 e. The molecule has 0 fully saturated rings. The molecule has 1 aromatic rings. The normalized spacial score (nSPS) is 11.5. The molecule has 3 N–H and O–H groups in total. The van der Waals surface area contributed by atoms with Crippen LogP contribution in [-0.4, -0.2) is 11.9 Å². The molecule has 0 heterocycles. The topological polar surface area (TPSA) is 55.1 Å². The van der Waals surface area contributed by atoms with E-state index in [1.165, 1.54) is 12.1 Å². The Balaban J connectivity index is 0.00000256. The fourth-order valence-electron chi connectivity index (χ4n) is 1.26. The quantitative estimate of drug-likeness (QED) is 0.894. The molecular formula is C11H15BrClFN2O. The lowest BCUT2D eigenvalue weighted by Gasteiger charge is -2.11. The minimum absolute atomic E-state index is 0. The van der Waals surface area contributed by atoms with Crippen molar-refractivity contribution < 1.29 is 9.18 Å². The molecule has 0 aromatic heterocycles. The van der Waals surface area contributed by atoms with E-state index < -0.39 is 11.9 Å². The molecule has 3 nitrogen and oxygen atoms in total. The second kappa shape index (κ2) is 7.63. The highest BCUT2D eigenvalue weighted by atomic mass is 79.9. The Bertz CT molecular complexity index is 390. The molecule has 1 rings (SSSR count). The number of amides is 1. The Labute approximate surface area is 114 Å². The molecule has 1 amide bonds. The van der Waals surface area contributed by atoms with Crippen molar-refractivity contribution >= 4 is 39.9 Å². The number of anilines is 1. The van der Waals surface area contributed by atoms with Crippen molar-refractivity contribution in [2.45, 2.75) is 25.8 Å². The van der Waals surface area contributed by atoms with E-state index in [0.717, 1.165) is 6.42 Å². The number of nitrogens with two attached hydrogens (primary N) is 1. The average molecular weight is 326 g/mol. The molecule has 0 aliphatic rings. The van der Waals surface area contributed by atoms with Gasteiger partial charge in [-0.05, 0) is 24.6 Å². The third-order valence-corrected chi connectivity index (χ3v) is 2.62. The number of rotatable bonds is 4. The Morgan fingerprint density at radius 3 is 2.82 bits per heavy atom. The van der Waals surface area contributed by atoms with Gasteiger partial charge in [0.2, 0.25) is 5.91 Å². The predicted molar refractivity (Wildman–Crippen MR) is 72.9 cm³/mol. The van der Waals surface area contributed by atoms with Crippen LogP contribution in [0.4, 0.5) is 10.1 Å². The summed E-state index contributed by atoms with van der Waals surface area (Å²) in [5.74, 6) is -0.834. The molecule has 6 heteroatoms. The summed E-state index contributed by atoms with van der Waals surface area (Å²) in [6, 6.07) is 3.76. The van der Waals surface area contributed by atoms with Crippen LogP contribution in [0.2, 0.25) is 0 Å². The van der Waals surface area contributed by atoms with Gasteiger partial charge in [0.1, 0.15) is 5.82 Å². The molecule has 1 atom stereocenters. The highest BCUT2D eigenvalue weighted by Crippen LogP contribution is 2.20. The minimum Gasteiger partial charge on any atom is -0.322 e. The van der Waals surface area contributed by atoms with Crippen LogP contribution in [0, 0.1) is 5.82 Å². The summed E-state index contributed by atoms with van der Waals surface area (Å²) in [5, 5.41) is 2.47. The molecule has 1 aromatic carbocycles. The van der Waals surface area contributed by atoms with Gasteiger partial charge in [-0.25, -0.2) is 4.39 Å². The number of benzene rings is 1.